The fraction of sp³-hybridized carbons (Fsp3) is 0.464. The SMILES string of the molecule is CNC[C@]1(CCC(=O)O)CC=C(c2cc(O[C@H](c3ccc(Cl)cc3C3=CCCOC3)C(F)(F)F)nc(N)n2)CC1. The van der Waals surface area contributed by atoms with Gasteiger partial charge in [-0.3, -0.25) is 4.79 Å². The minimum atomic E-state index is -4.78. The van der Waals surface area contributed by atoms with E-state index in [1.165, 1.54) is 24.3 Å². The number of hydrogen-bond acceptors (Lipinski definition) is 7. The molecule has 1 aliphatic carbocycles. The van der Waals surface area contributed by atoms with E-state index in [0.717, 1.165) is 5.57 Å². The molecule has 12 heteroatoms. The highest BCUT2D eigenvalue weighted by Gasteiger charge is 2.45. The van der Waals surface area contributed by atoms with Crippen LogP contribution in [0.1, 0.15) is 61.4 Å². The molecule has 0 amide bonds. The molecule has 0 radical (unpaired) electrons. The van der Waals surface area contributed by atoms with Crippen molar-refractivity contribution in [1.29, 1.82) is 0 Å². The molecule has 0 fully saturated rings. The molecule has 2 aromatic rings. The third-order valence-electron chi connectivity index (χ3n) is 7.27. The van der Waals surface area contributed by atoms with E-state index in [1.807, 2.05) is 19.2 Å². The second-order valence-corrected chi connectivity index (χ2v) is 10.6. The topological polar surface area (TPSA) is 120 Å². The average Bonchev–Trinajstić information content (AvgIpc) is 2.91. The zero-order chi connectivity index (χ0) is 28.9. The van der Waals surface area contributed by atoms with E-state index in [1.54, 1.807) is 0 Å². The fourth-order valence-corrected chi connectivity index (χ4v) is 5.45. The first-order valence-corrected chi connectivity index (χ1v) is 13.4. The summed E-state index contributed by atoms with van der Waals surface area (Å²) < 4.78 is 54.3. The molecule has 0 bridgehead atoms. The highest BCUT2D eigenvalue weighted by molar-refractivity contribution is 6.30. The number of rotatable bonds is 10. The Kier molecular flexibility index (Phi) is 9.37. The van der Waals surface area contributed by atoms with Gasteiger partial charge in [-0.05, 0) is 73.4 Å². The average molecular weight is 581 g/mol. The van der Waals surface area contributed by atoms with E-state index >= 15 is 0 Å². The predicted molar refractivity (Wildman–Crippen MR) is 146 cm³/mol. The lowest BCUT2D eigenvalue weighted by Crippen LogP contribution is -2.34. The number of anilines is 1. The van der Waals surface area contributed by atoms with E-state index in [-0.39, 0.29) is 35.8 Å². The second-order valence-electron chi connectivity index (χ2n) is 10.1. The number of carboxylic acids is 1. The van der Waals surface area contributed by atoms with Crippen LogP contribution in [-0.4, -0.2) is 54.0 Å². The molecule has 4 N–H and O–H groups in total. The summed E-state index contributed by atoms with van der Waals surface area (Å²) in [6.45, 7) is 1.30. The van der Waals surface area contributed by atoms with Crippen LogP contribution in [0.5, 0.6) is 5.88 Å². The van der Waals surface area contributed by atoms with Crippen molar-refractivity contribution in [3.05, 3.63) is 58.3 Å². The van der Waals surface area contributed by atoms with Crippen LogP contribution >= 0.6 is 11.6 Å². The van der Waals surface area contributed by atoms with Gasteiger partial charge in [-0.2, -0.15) is 18.2 Å². The zero-order valence-corrected chi connectivity index (χ0v) is 22.8. The Hall–Kier alpha value is -3.15. The first kappa shape index (κ1) is 29.8. The third kappa shape index (κ3) is 7.32. The van der Waals surface area contributed by atoms with Crippen molar-refractivity contribution in [2.24, 2.45) is 5.41 Å². The van der Waals surface area contributed by atoms with Crippen LogP contribution in [0.25, 0.3) is 11.1 Å². The largest absolute Gasteiger partial charge is 0.481 e. The maximum atomic E-state index is 14.4. The Labute approximate surface area is 235 Å². The summed E-state index contributed by atoms with van der Waals surface area (Å²) in [6.07, 6.45) is -0.375. The predicted octanol–water partition coefficient (Wildman–Crippen LogP) is 5.84. The van der Waals surface area contributed by atoms with E-state index < -0.39 is 18.2 Å². The number of allylic oxidation sites excluding steroid dienone is 2. The first-order chi connectivity index (χ1) is 19.0. The number of halogens is 4. The van der Waals surface area contributed by atoms with Gasteiger partial charge in [0, 0.05) is 29.6 Å². The zero-order valence-electron chi connectivity index (χ0n) is 22.1. The molecular weight excluding hydrogens is 549 g/mol. The minimum Gasteiger partial charge on any atom is -0.481 e. The smallest absolute Gasteiger partial charge is 0.429 e. The summed E-state index contributed by atoms with van der Waals surface area (Å²) in [5, 5.41) is 12.6. The molecule has 0 saturated heterocycles. The number of hydrogen-bond donors (Lipinski definition) is 3. The van der Waals surface area contributed by atoms with Crippen molar-refractivity contribution in [3.63, 3.8) is 0 Å². The summed E-state index contributed by atoms with van der Waals surface area (Å²) >= 11 is 6.15. The number of ether oxygens (including phenoxy) is 2. The normalized spacial score (nSPS) is 20.4. The van der Waals surface area contributed by atoms with Gasteiger partial charge in [-0.15, -0.1) is 0 Å². The Morgan fingerprint density at radius 1 is 1.27 bits per heavy atom. The van der Waals surface area contributed by atoms with E-state index in [4.69, 9.17) is 31.9 Å². The van der Waals surface area contributed by atoms with Crippen molar-refractivity contribution in [1.82, 2.24) is 15.3 Å². The molecule has 0 spiro atoms. The van der Waals surface area contributed by atoms with Gasteiger partial charge in [0.2, 0.25) is 17.9 Å². The van der Waals surface area contributed by atoms with Gasteiger partial charge in [-0.25, -0.2) is 4.98 Å². The van der Waals surface area contributed by atoms with Crippen molar-refractivity contribution in [2.45, 2.75) is 50.8 Å². The van der Waals surface area contributed by atoms with Gasteiger partial charge >= 0.3 is 12.1 Å². The van der Waals surface area contributed by atoms with Crippen molar-refractivity contribution < 1.29 is 32.5 Å². The van der Waals surface area contributed by atoms with Gasteiger partial charge in [-0.1, -0.05) is 29.8 Å². The number of carbonyl (C=O) groups is 1. The molecule has 1 aromatic heterocycles. The molecule has 216 valence electrons. The maximum absolute atomic E-state index is 14.4. The van der Waals surface area contributed by atoms with Gasteiger partial charge in [0.15, 0.2) is 0 Å². The van der Waals surface area contributed by atoms with Crippen molar-refractivity contribution >= 4 is 34.7 Å². The number of nitrogen functional groups attached to an aromatic ring is 1. The Bertz CT molecular complexity index is 1300. The number of aliphatic carboxylic acids is 1. The lowest BCUT2D eigenvalue weighted by Gasteiger charge is -2.36. The van der Waals surface area contributed by atoms with Gasteiger partial charge in [0.05, 0.1) is 18.9 Å². The molecule has 2 aliphatic rings. The minimum absolute atomic E-state index is 0.0534. The number of nitrogens with one attached hydrogen (secondary N) is 1. The van der Waals surface area contributed by atoms with Crippen LogP contribution in [-0.2, 0) is 9.53 Å². The Morgan fingerprint density at radius 3 is 2.70 bits per heavy atom. The summed E-state index contributed by atoms with van der Waals surface area (Å²) in [7, 11) is 1.82. The molecule has 40 heavy (non-hydrogen) atoms. The van der Waals surface area contributed by atoms with Gasteiger partial charge in [0.1, 0.15) is 0 Å². The number of benzene rings is 1. The van der Waals surface area contributed by atoms with Crippen molar-refractivity contribution in [3.8, 4) is 5.88 Å². The maximum Gasteiger partial charge on any atom is 0.429 e. The van der Waals surface area contributed by atoms with Crippen molar-refractivity contribution in [2.75, 3.05) is 32.5 Å². The van der Waals surface area contributed by atoms with Crippen LogP contribution in [0.15, 0.2) is 36.4 Å². The first-order valence-electron chi connectivity index (χ1n) is 13.0. The summed E-state index contributed by atoms with van der Waals surface area (Å²) in [4.78, 5) is 19.4. The molecular formula is C28H32ClF3N4O4. The molecule has 0 saturated carbocycles. The van der Waals surface area contributed by atoms with E-state index in [0.29, 0.717) is 67.1 Å². The van der Waals surface area contributed by atoms with Crippen LogP contribution in [0.4, 0.5) is 19.1 Å². The summed E-state index contributed by atoms with van der Waals surface area (Å²) in [5.74, 6) is -1.38. The quantitative estimate of drug-likeness (QED) is 0.321. The fourth-order valence-electron chi connectivity index (χ4n) is 5.27. The molecule has 1 aliphatic heterocycles. The molecule has 2 atom stereocenters. The summed E-state index contributed by atoms with van der Waals surface area (Å²) in [6, 6.07) is 5.54. The highest BCUT2D eigenvalue weighted by atomic mass is 35.5. The highest BCUT2D eigenvalue weighted by Crippen LogP contribution is 2.43. The third-order valence-corrected chi connectivity index (χ3v) is 7.50. The Balaban J connectivity index is 1.64. The van der Waals surface area contributed by atoms with Gasteiger partial charge in [0.25, 0.3) is 0 Å². The van der Waals surface area contributed by atoms with E-state index in [2.05, 4.69) is 15.3 Å². The second kappa shape index (κ2) is 12.6. The lowest BCUT2D eigenvalue weighted by atomic mass is 9.71. The monoisotopic (exact) mass is 580 g/mol. The number of nitrogens with two attached hydrogens (primary N) is 1. The number of alkyl halides is 3. The number of carboxylic acid groups (broad SMARTS) is 1. The van der Waals surface area contributed by atoms with Gasteiger partial charge < -0.3 is 25.6 Å². The molecule has 2 heterocycles. The summed E-state index contributed by atoms with van der Waals surface area (Å²) in [5.41, 5.74) is 7.63. The Morgan fingerprint density at radius 2 is 2.08 bits per heavy atom. The molecule has 1 aromatic carbocycles. The molecule has 8 nitrogen and oxygen atoms in total. The number of nitrogens with zero attached hydrogens (tertiary/aromatic N) is 2. The van der Waals surface area contributed by atoms with E-state index in [9.17, 15) is 18.0 Å². The standard InChI is InChI=1S/C28H32ClF3N4O4/c1-34-16-27(11-8-24(37)38)9-6-17(7-10-27)22-14-23(36-26(33)35-22)40-25(28(30,31)32)20-5-4-19(29)13-21(20)18-3-2-12-39-15-18/h3-6,13-14,25,34H,2,7-12,15-16H2,1H3,(H,37,38)(H2,33,35,36)/t25-,27-/m1/s1. The molecule has 4 rings (SSSR count). The molecule has 0 unspecified atom stereocenters. The lowest BCUT2D eigenvalue weighted by molar-refractivity contribution is -0.198. The van der Waals surface area contributed by atoms with Crippen LogP contribution in [0.2, 0.25) is 5.02 Å². The van der Waals surface area contributed by atoms with Crippen LogP contribution in [0.3, 0.4) is 0 Å². The van der Waals surface area contributed by atoms with Crippen LogP contribution < -0.4 is 15.8 Å². The number of aromatic nitrogens is 2. The van der Waals surface area contributed by atoms with Crippen LogP contribution in [0, 0.1) is 5.41 Å².